The molecule has 8 heteroatoms. The molecule has 0 radical (unpaired) electrons. The van der Waals surface area contributed by atoms with Gasteiger partial charge in [0.05, 0.1) is 23.1 Å². The fourth-order valence-corrected chi connectivity index (χ4v) is 4.62. The van der Waals surface area contributed by atoms with E-state index in [-0.39, 0.29) is 11.5 Å². The number of hydrogen-bond donors (Lipinski definition) is 1. The van der Waals surface area contributed by atoms with Crippen molar-refractivity contribution in [3.05, 3.63) is 50.9 Å². The smallest absolute Gasteiger partial charge is 0.266 e. The number of thiophene rings is 1. The molecule has 160 valence electrons. The molecule has 3 aromatic rings. The molecular formula is C22H28N4O3S. The van der Waals surface area contributed by atoms with Gasteiger partial charge < -0.3 is 15.0 Å². The lowest BCUT2D eigenvalue weighted by Crippen LogP contribution is -2.32. The summed E-state index contributed by atoms with van der Waals surface area (Å²) in [5, 5.41) is 3.41. The average molecular weight is 429 g/mol. The van der Waals surface area contributed by atoms with Crippen LogP contribution in [0.3, 0.4) is 0 Å². The Labute approximate surface area is 180 Å². The third-order valence-electron chi connectivity index (χ3n) is 5.34. The Kier molecular flexibility index (Phi) is 6.89. The topological polar surface area (TPSA) is 76.5 Å². The Morgan fingerprint density at radius 1 is 1.23 bits per heavy atom. The second kappa shape index (κ2) is 9.40. The van der Waals surface area contributed by atoms with Crippen molar-refractivity contribution in [1.82, 2.24) is 14.5 Å². The summed E-state index contributed by atoms with van der Waals surface area (Å²) in [5.41, 5.74) is 1.16. The number of hydrogen-bond acceptors (Lipinski definition) is 6. The Hall–Kier alpha value is -2.71. The van der Waals surface area contributed by atoms with Crippen molar-refractivity contribution in [2.45, 2.75) is 34.2 Å². The van der Waals surface area contributed by atoms with Gasteiger partial charge in [-0.1, -0.05) is 26.0 Å². The predicted octanol–water partition coefficient (Wildman–Crippen LogP) is 3.68. The van der Waals surface area contributed by atoms with E-state index in [2.05, 4.69) is 29.0 Å². The van der Waals surface area contributed by atoms with Crippen LogP contribution < -0.4 is 15.6 Å². The number of nitrogens with one attached hydrogen (secondary N) is 1. The summed E-state index contributed by atoms with van der Waals surface area (Å²) in [6, 6.07) is 7.23. The Morgan fingerprint density at radius 3 is 2.60 bits per heavy atom. The monoisotopic (exact) mass is 428 g/mol. The molecule has 0 unspecified atom stereocenters. The van der Waals surface area contributed by atoms with Crippen molar-refractivity contribution >= 4 is 33.1 Å². The van der Waals surface area contributed by atoms with E-state index < -0.39 is 0 Å². The van der Waals surface area contributed by atoms with Crippen LogP contribution in [0.4, 0.5) is 5.69 Å². The average Bonchev–Trinajstić information content (AvgIpc) is 3.07. The summed E-state index contributed by atoms with van der Waals surface area (Å²) < 4.78 is 7.02. The second-order valence-corrected chi connectivity index (χ2v) is 8.03. The number of methoxy groups -OCH3 is 1. The van der Waals surface area contributed by atoms with Crippen molar-refractivity contribution in [2.24, 2.45) is 0 Å². The van der Waals surface area contributed by atoms with Crippen LogP contribution in [0.2, 0.25) is 0 Å². The number of anilines is 1. The van der Waals surface area contributed by atoms with Gasteiger partial charge in [-0.15, -0.1) is 11.3 Å². The predicted molar refractivity (Wildman–Crippen MR) is 122 cm³/mol. The van der Waals surface area contributed by atoms with E-state index in [1.807, 2.05) is 26.0 Å². The van der Waals surface area contributed by atoms with Gasteiger partial charge >= 0.3 is 0 Å². The van der Waals surface area contributed by atoms with Gasteiger partial charge in [-0.2, -0.15) is 0 Å². The Balaban J connectivity index is 1.96. The van der Waals surface area contributed by atoms with Crippen molar-refractivity contribution in [3.8, 4) is 5.75 Å². The molecule has 0 aliphatic carbocycles. The number of carbonyl (C=O) groups excluding carboxylic acids is 1. The lowest BCUT2D eigenvalue weighted by molar-refractivity contribution is 0.102. The van der Waals surface area contributed by atoms with E-state index in [9.17, 15) is 9.59 Å². The highest BCUT2D eigenvalue weighted by atomic mass is 32.1. The molecule has 2 aromatic heterocycles. The highest BCUT2D eigenvalue weighted by Gasteiger charge is 2.21. The molecule has 1 N–H and O–H groups in total. The molecule has 0 saturated heterocycles. The third kappa shape index (κ3) is 4.24. The van der Waals surface area contributed by atoms with Gasteiger partial charge in [-0.05, 0) is 44.6 Å². The molecule has 7 nitrogen and oxygen atoms in total. The minimum absolute atomic E-state index is 0.0882. The van der Waals surface area contributed by atoms with Crippen LogP contribution in [-0.2, 0) is 6.54 Å². The number of aromatic nitrogens is 2. The first-order chi connectivity index (χ1) is 14.4. The maximum absolute atomic E-state index is 13.2. The highest BCUT2D eigenvalue weighted by molar-refractivity contribution is 7.20. The van der Waals surface area contributed by atoms with Gasteiger partial charge in [-0.25, -0.2) is 4.98 Å². The molecule has 1 aromatic carbocycles. The van der Waals surface area contributed by atoms with Crippen LogP contribution in [-0.4, -0.2) is 47.1 Å². The molecule has 0 fully saturated rings. The van der Waals surface area contributed by atoms with E-state index >= 15 is 0 Å². The molecule has 3 rings (SSSR count). The zero-order valence-electron chi connectivity index (χ0n) is 18.1. The van der Waals surface area contributed by atoms with Crippen molar-refractivity contribution in [1.29, 1.82) is 0 Å². The molecule has 0 aliphatic heterocycles. The Morgan fingerprint density at radius 2 is 1.93 bits per heavy atom. The van der Waals surface area contributed by atoms with E-state index in [1.54, 1.807) is 23.8 Å². The second-order valence-electron chi connectivity index (χ2n) is 7.03. The summed E-state index contributed by atoms with van der Waals surface area (Å²) in [5.74, 6) is 0.974. The van der Waals surface area contributed by atoms with Crippen molar-refractivity contribution < 1.29 is 9.53 Å². The van der Waals surface area contributed by atoms with E-state index in [0.29, 0.717) is 44.5 Å². The molecule has 2 heterocycles. The minimum atomic E-state index is -0.272. The van der Waals surface area contributed by atoms with Gasteiger partial charge in [0.15, 0.2) is 0 Å². The van der Waals surface area contributed by atoms with Gasteiger partial charge in [0.25, 0.3) is 11.5 Å². The van der Waals surface area contributed by atoms with Crippen molar-refractivity contribution in [3.63, 3.8) is 0 Å². The number of aryl methyl sites for hydroxylation is 2. The van der Waals surface area contributed by atoms with Crippen molar-refractivity contribution in [2.75, 3.05) is 32.1 Å². The summed E-state index contributed by atoms with van der Waals surface area (Å²) in [6.07, 6.45) is 0. The van der Waals surface area contributed by atoms with Crippen LogP contribution in [0.25, 0.3) is 10.2 Å². The first-order valence-electron chi connectivity index (χ1n) is 10.1. The number of rotatable bonds is 8. The lowest BCUT2D eigenvalue weighted by Gasteiger charge is -2.19. The first kappa shape index (κ1) is 22.0. The SMILES string of the molecule is CCN(CC)CCn1c(C)nc2sc(C(=O)Nc3ccccc3OC)c(C)c2c1=O. The molecule has 0 atom stereocenters. The fraction of sp³-hybridized carbons (Fsp3) is 0.409. The minimum Gasteiger partial charge on any atom is -0.495 e. The van der Waals surface area contributed by atoms with Gasteiger partial charge in [0, 0.05) is 13.1 Å². The summed E-state index contributed by atoms with van der Waals surface area (Å²) in [7, 11) is 1.56. The fourth-order valence-electron chi connectivity index (χ4n) is 3.51. The molecule has 0 aliphatic rings. The first-order valence-corrected chi connectivity index (χ1v) is 10.9. The van der Waals surface area contributed by atoms with Crippen LogP contribution >= 0.6 is 11.3 Å². The van der Waals surface area contributed by atoms with Gasteiger partial charge in [0.2, 0.25) is 0 Å². The summed E-state index contributed by atoms with van der Waals surface area (Å²) >= 11 is 1.25. The number of carbonyl (C=O) groups is 1. The number of amides is 1. The normalized spacial score (nSPS) is 11.3. The van der Waals surface area contributed by atoms with Gasteiger partial charge in [0.1, 0.15) is 16.4 Å². The van der Waals surface area contributed by atoms with Gasteiger partial charge in [-0.3, -0.25) is 14.2 Å². The quantitative estimate of drug-likeness (QED) is 0.592. The summed E-state index contributed by atoms with van der Waals surface area (Å²) in [4.78, 5) is 34.1. The molecular weight excluding hydrogens is 400 g/mol. The summed E-state index contributed by atoms with van der Waals surface area (Å²) in [6.45, 7) is 11.1. The maximum atomic E-state index is 13.2. The number of benzene rings is 1. The lowest BCUT2D eigenvalue weighted by atomic mass is 10.2. The number of fused-ring (bicyclic) bond motifs is 1. The molecule has 0 spiro atoms. The highest BCUT2D eigenvalue weighted by Crippen LogP contribution is 2.30. The number of ether oxygens (including phenoxy) is 1. The van der Waals surface area contributed by atoms with E-state index in [4.69, 9.17) is 4.74 Å². The molecule has 0 bridgehead atoms. The number of likely N-dealkylation sites (N-methyl/N-ethyl adjacent to an activating group) is 1. The van der Waals surface area contributed by atoms with Crippen LogP contribution in [0.15, 0.2) is 29.1 Å². The standard InChI is InChI=1S/C22H28N4O3S/c1-6-25(7-2)12-13-26-15(4)23-21-18(22(26)28)14(3)19(30-21)20(27)24-16-10-8-9-11-17(16)29-5/h8-11H,6-7,12-13H2,1-5H3,(H,24,27). The zero-order valence-corrected chi connectivity index (χ0v) is 18.9. The molecule has 30 heavy (non-hydrogen) atoms. The van der Waals surface area contributed by atoms with Crippen LogP contribution in [0, 0.1) is 13.8 Å². The van der Waals surface area contributed by atoms with E-state index in [0.717, 1.165) is 19.6 Å². The number of nitrogens with zero attached hydrogens (tertiary/aromatic N) is 3. The Bertz CT molecular complexity index is 1120. The third-order valence-corrected chi connectivity index (χ3v) is 6.52. The van der Waals surface area contributed by atoms with E-state index in [1.165, 1.54) is 11.3 Å². The van der Waals surface area contributed by atoms with Crippen LogP contribution in [0.1, 0.15) is 34.9 Å². The maximum Gasteiger partial charge on any atom is 0.266 e. The molecule has 0 saturated carbocycles. The largest absolute Gasteiger partial charge is 0.495 e. The molecule has 1 amide bonds. The number of para-hydroxylation sites is 2. The zero-order chi connectivity index (χ0) is 21.8. The van der Waals surface area contributed by atoms with Crippen LogP contribution in [0.5, 0.6) is 5.75 Å².